The zero-order chi connectivity index (χ0) is 9.56. The van der Waals surface area contributed by atoms with Crippen LogP contribution >= 0.6 is 0 Å². The van der Waals surface area contributed by atoms with E-state index in [-0.39, 0.29) is 0 Å². The lowest BCUT2D eigenvalue weighted by molar-refractivity contribution is 0.630. The summed E-state index contributed by atoms with van der Waals surface area (Å²) in [6.45, 7) is 4.25. The first-order valence-electron chi connectivity index (χ1n) is 4.39. The van der Waals surface area contributed by atoms with Crippen molar-refractivity contribution in [2.24, 2.45) is 0 Å². The molecule has 2 unspecified atom stereocenters. The summed E-state index contributed by atoms with van der Waals surface area (Å²) in [4.78, 5) is 0. The minimum Gasteiger partial charge on any atom is -0.390 e. The predicted molar refractivity (Wildman–Crippen MR) is 54.2 cm³/mol. The maximum Gasteiger partial charge on any atom is 0.0435 e. The third-order valence-corrected chi connectivity index (χ3v) is 2.07. The minimum absolute atomic E-state index is 0.380. The molecule has 0 aliphatic rings. The van der Waals surface area contributed by atoms with Crippen LogP contribution in [0.4, 0.5) is 0 Å². The highest BCUT2D eigenvalue weighted by Crippen LogP contribution is 1.98. The van der Waals surface area contributed by atoms with Crippen molar-refractivity contribution in [3.05, 3.63) is 11.8 Å². The third-order valence-electron chi connectivity index (χ3n) is 2.07. The third kappa shape index (κ3) is 3.74. The van der Waals surface area contributed by atoms with Gasteiger partial charge >= 0.3 is 0 Å². The second-order valence-electron chi connectivity index (χ2n) is 2.96. The summed E-state index contributed by atoms with van der Waals surface area (Å²) in [5, 5.41) is 9.53. The summed E-state index contributed by atoms with van der Waals surface area (Å²) in [7, 11) is 5.86. The van der Waals surface area contributed by atoms with Crippen molar-refractivity contribution in [3.8, 4) is 0 Å². The Kier molecular flexibility index (Phi) is 5.76. The first-order valence-corrected chi connectivity index (χ1v) is 4.39. The lowest BCUT2D eigenvalue weighted by Gasteiger charge is -2.16. The van der Waals surface area contributed by atoms with Gasteiger partial charge in [0.1, 0.15) is 0 Å². The summed E-state index contributed by atoms with van der Waals surface area (Å²) in [6, 6.07) is 0.786. The summed E-state index contributed by atoms with van der Waals surface area (Å²) in [5.74, 6) is 0. The Labute approximate surface area is 75.6 Å². The van der Waals surface area contributed by atoms with E-state index < -0.39 is 0 Å². The molecule has 3 nitrogen and oxygen atoms in total. The van der Waals surface area contributed by atoms with Gasteiger partial charge < -0.3 is 16.0 Å². The van der Waals surface area contributed by atoms with Crippen LogP contribution in [-0.2, 0) is 0 Å². The van der Waals surface area contributed by atoms with E-state index in [0.29, 0.717) is 12.1 Å². The van der Waals surface area contributed by atoms with Crippen molar-refractivity contribution in [2.45, 2.75) is 25.9 Å². The van der Waals surface area contributed by atoms with Gasteiger partial charge in [-0.2, -0.15) is 0 Å². The monoisotopic (exact) mass is 171 g/mol. The van der Waals surface area contributed by atoms with Crippen LogP contribution in [0.15, 0.2) is 11.8 Å². The molecule has 0 amide bonds. The van der Waals surface area contributed by atoms with Crippen molar-refractivity contribution < 1.29 is 0 Å². The Hall–Kier alpha value is -0.540. The summed E-state index contributed by atoms with van der Waals surface area (Å²) in [6.07, 6.45) is 2.18. The largest absolute Gasteiger partial charge is 0.390 e. The van der Waals surface area contributed by atoms with Crippen molar-refractivity contribution in [1.29, 1.82) is 0 Å². The molecule has 0 spiro atoms. The molecule has 0 fully saturated rings. The molecule has 0 saturated heterocycles. The van der Waals surface area contributed by atoms with Gasteiger partial charge in [0.15, 0.2) is 0 Å². The lowest BCUT2D eigenvalue weighted by Crippen LogP contribution is -2.32. The molecule has 3 heteroatoms. The Morgan fingerprint density at radius 1 is 1.08 bits per heavy atom. The molecule has 0 aromatic heterocycles. The molecule has 0 aromatic rings. The quantitative estimate of drug-likeness (QED) is 0.557. The van der Waals surface area contributed by atoms with Gasteiger partial charge in [-0.15, -0.1) is 0 Å². The number of hydrogen-bond acceptors (Lipinski definition) is 3. The molecule has 72 valence electrons. The normalized spacial score (nSPS) is 17.2. The van der Waals surface area contributed by atoms with Crippen LogP contribution in [-0.4, -0.2) is 33.2 Å². The number of rotatable bonds is 5. The van der Waals surface area contributed by atoms with Crippen molar-refractivity contribution in [2.75, 3.05) is 21.1 Å². The molecular formula is C9H21N3. The molecule has 0 heterocycles. The second-order valence-corrected chi connectivity index (χ2v) is 2.96. The lowest BCUT2D eigenvalue weighted by atomic mass is 10.2. The smallest absolute Gasteiger partial charge is 0.0435 e. The van der Waals surface area contributed by atoms with Gasteiger partial charge in [-0.05, 0) is 34.0 Å². The van der Waals surface area contributed by atoms with E-state index in [1.54, 1.807) is 0 Å². The van der Waals surface area contributed by atoms with Crippen LogP contribution in [0.25, 0.3) is 0 Å². The van der Waals surface area contributed by atoms with E-state index in [2.05, 4.69) is 35.9 Å². The number of nitrogens with one attached hydrogen (secondary N) is 3. The molecule has 0 aliphatic heterocycles. The molecule has 0 bridgehead atoms. The highest BCUT2D eigenvalue weighted by Gasteiger charge is 2.04. The molecule has 2 atom stereocenters. The van der Waals surface area contributed by atoms with Crippen LogP contribution in [0.1, 0.15) is 13.8 Å². The van der Waals surface area contributed by atoms with E-state index in [9.17, 15) is 0 Å². The zero-order valence-electron chi connectivity index (χ0n) is 8.73. The first-order chi connectivity index (χ1) is 5.65. The van der Waals surface area contributed by atoms with Crippen LogP contribution in [0.5, 0.6) is 0 Å². The molecule has 0 aromatic carbocycles. The zero-order valence-corrected chi connectivity index (χ0v) is 8.73. The highest BCUT2D eigenvalue weighted by molar-refractivity contribution is 5.09. The average Bonchev–Trinajstić information content (AvgIpc) is 2.12. The fraction of sp³-hybridized carbons (Fsp3) is 0.778. The first kappa shape index (κ1) is 11.5. The average molecular weight is 171 g/mol. The highest BCUT2D eigenvalue weighted by atomic mass is 15.0. The Balaban J connectivity index is 4.21. The summed E-state index contributed by atoms with van der Waals surface area (Å²) >= 11 is 0. The topological polar surface area (TPSA) is 36.1 Å². The Morgan fingerprint density at radius 2 is 1.67 bits per heavy atom. The molecule has 12 heavy (non-hydrogen) atoms. The van der Waals surface area contributed by atoms with E-state index in [1.165, 1.54) is 5.70 Å². The number of hydrogen-bond donors (Lipinski definition) is 3. The second kappa shape index (κ2) is 6.03. The van der Waals surface area contributed by atoms with Crippen molar-refractivity contribution in [3.63, 3.8) is 0 Å². The van der Waals surface area contributed by atoms with E-state index in [4.69, 9.17) is 0 Å². The number of likely N-dealkylation sites (N-methyl/N-ethyl adjacent to an activating group) is 3. The van der Waals surface area contributed by atoms with Crippen LogP contribution in [0.3, 0.4) is 0 Å². The van der Waals surface area contributed by atoms with Crippen molar-refractivity contribution in [1.82, 2.24) is 16.0 Å². The minimum atomic E-state index is 0.380. The summed E-state index contributed by atoms with van der Waals surface area (Å²) < 4.78 is 0. The molecule has 0 radical (unpaired) electrons. The molecule has 0 saturated carbocycles. The van der Waals surface area contributed by atoms with Gasteiger partial charge in [-0.3, -0.25) is 0 Å². The van der Waals surface area contributed by atoms with Gasteiger partial charge in [0, 0.05) is 24.8 Å². The molecular weight excluding hydrogens is 150 g/mol. The van der Waals surface area contributed by atoms with E-state index in [0.717, 1.165) is 0 Å². The maximum absolute atomic E-state index is 3.19. The van der Waals surface area contributed by atoms with Gasteiger partial charge in [0.25, 0.3) is 0 Å². The van der Waals surface area contributed by atoms with Crippen LogP contribution < -0.4 is 16.0 Å². The standard InChI is InChI=1S/C9H21N3/c1-7(10-3)6-9(12-5)8(2)11-4/h6-8,10-12H,1-5H3/b9-6+. The van der Waals surface area contributed by atoms with Gasteiger partial charge in [0.05, 0.1) is 0 Å². The maximum atomic E-state index is 3.19. The Bertz CT molecular complexity index is 143. The van der Waals surface area contributed by atoms with Crippen LogP contribution in [0, 0.1) is 0 Å². The van der Waals surface area contributed by atoms with Gasteiger partial charge in [-0.1, -0.05) is 0 Å². The fourth-order valence-electron chi connectivity index (χ4n) is 0.952. The van der Waals surface area contributed by atoms with Crippen molar-refractivity contribution >= 4 is 0 Å². The van der Waals surface area contributed by atoms with E-state index in [1.807, 2.05) is 21.1 Å². The molecule has 0 aliphatic carbocycles. The molecule has 3 N–H and O–H groups in total. The predicted octanol–water partition coefficient (Wildman–Crippen LogP) is 0.306. The Morgan fingerprint density at radius 3 is 2.00 bits per heavy atom. The van der Waals surface area contributed by atoms with Crippen LogP contribution in [0.2, 0.25) is 0 Å². The SMILES string of the molecule is CN/C(=C/C(C)NC)C(C)NC. The van der Waals surface area contributed by atoms with Gasteiger partial charge in [0.2, 0.25) is 0 Å². The van der Waals surface area contributed by atoms with Gasteiger partial charge in [-0.25, -0.2) is 0 Å². The van der Waals surface area contributed by atoms with E-state index >= 15 is 0 Å². The summed E-state index contributed by atoms with van der Waals surface area (Å²) in [5.41, 5.74) is 1.22. The molecule has 0 rings (SSSR count). The fourth-order valence-corrected chi connectivity index (χ4v) is 0.952.